The lowest BCUT2D eigenvalue weighted by atomic mass is 10.2. The van der Waals surface area contributed by atoms with E-state index < -0.39 is 0 Å². The number of carbonyl (C=O) groups is 1. The SMILES string of the molecule is C=CC(=O)N1CC[CH]CCC1. The predicted octanol–water partition coefficient (Wildman–Crippen LogP) is 1.39. The van der Waals surface area contributed by atoms with E-state index in [1.807, 2.05) is 4.90 Å². The minimum absolute atomic E-state index is 0.0697. The maximum absolute atomic E-state index is 11.1. The highest BCUT2D eigenvalue weighted by atomic mass is 16.2. The third kappa shape index (κ3) is 2.37. The molecule has 1 rings (SSSR count). The van der Waals surface area contributed by atoms with E-state index in [9.17, 15) is 4.79 Å². The largest absolute Gasteiger partial charge is 0.339 e. The third-order valence-electron chi connectivity index (χ3n) is 1.93. The van der Waals surface area contributed by atoms with Crippen molar-refractivity contribution in [2.75, 3.05) is 13.1 Å². The molecule has 1 amide bonds. The van der Waals surface area contributed by atoms with E-state index in [4.69, 9.17) is 0 Å². The summed E-state index contributed by atoms with van der Waals surface area (Å²) in [6, 6.07) is 0. The van der Waals surface area contributed by atoms with Crippen LogP contribution in [-0.4, -0.2) is 23.9 Å². The van der Waals surface area contributed by atoms with Crippen molar-refractivity contribution in [1.82, 2.24) is 4.90 Å². The summed E-state index contributed by atoms with van der Waals surface area (Å²) in [7, 11) is 0. The number of likely N-dealkylation sites (tertiary alicyclic amines) is 1. The van der Waals surface area contributed by atoms with Crippen molar-refractivity contribution in [2.24, 2.45) is 0 Å². The van der Waals surface area contributed by atoms with E-state index in [-0.39, 0.29) is 5.91 Å². The number of amides is 1. The molecule has 1 aliphatic rings. The predicted molar refractivity (Wildman–Crippen MR) is 44.9 cm³/mol. The summed E-state index contributed by atoms with van der Waals surface area (Å²) < 4.78 is 0. The van der Waals surface area contributed by atoms with Crippen molar-refractivity contribution in [3.8, 4) is 0 Å². The van der Waals surface area contributed by atoms with Crippen LogP contribution in [0, 0.1) is 6.42 Å². The molecule has 0 aromatic carbocycles. The smallest absolute Gasteiger partial charge is 0.245 e. The highest BCUT2D eigenvalue weighted by Crippen LogP contribution is 2.08. The lowest BCUT2D eigenvalue weighted by Gasteiger charge is -2.17. The molecular formula is C9H14NO. The second-order valence-corrected chi connectivity index (χ2v) is 2.75. The summed E-state index contributed by atoms with van der Waals surface area (Å²) in [4.78, 5) is 13.0. The highest BCUT2D eigenvalue weighted by Gasteiger charge is 2.11. The molecule has 0 spiro atoms. The average molecular weight is 152 g/mol. The van der Waals surface area contributed by atoms with Gasteiger partial charge in [-0.2, -0.15) is 0 Å². The van der Waals surface area contributed by atoms with Crippen molar-refractivity contribution in [1.29, 1.82) is 0 Å². The Kier molecular flexibility index (Phi) is 3.14. The minimum atomic E-state index is 0.0697. The Bertz CT molecular complexity index is 146. The van der Waals surface area contributed by atoms with Crippen molar-refractivity contribution >= 4 is 5.91 Å². The number of hydrogen-bond acceptors (Lipinski definition) is 1. The van der Waals surface area contributed by atoms with Crippen LogP contribution in [0.15, 0.2) is 12.7 Å². The zero-order chi connectivity index (χ0) is 8.10. The van der Waals surface area contributed by atoms with Gasteiger partial charge in [-0.05, 0) is 31.8 Å². The lowest BCUT2D eigenvalue weighted by Crippen LogP contribution is -2.29. The topological polar surface area (TPSA) is 20.3 Å². The van der Waals surface area contributed by atoms with E-state index in [1.54, 1.807) is 0 Å². The second kappa shape index (κ2) is 4.16. The fourth-order valence-electron chi connectivity index (χ4n) is 1.28. The first-order valence-electron chi connectivity index (χ1n) is 4.07. The quantitative estimate of drug-likeness (QED) is 0.520. The summed E-state index contributed by atoms with van der Waals surface area (Å²) in [5.41, 5.74) is 0. The number of carbonyl (C=O) groups excluding carboxylic acids is 1. The highest BCUT2D eigenvalue weighted by molar-refractivity contribution is 5.86. The first-order valence-corrected chi connectivity index (χ1v) is 4.07. The van der Waals surface area contributed by atoms with Crippen LogP contribution in [0.2, 0.25) is 0 Å². The molecule has 0 bridgehead atoms. The molecule has 0 saturated carbocycles. The Morgan fingerprint density at radius 2 is 2.27 bits per heavy atom. The van der Waals surface area contributed by atoms with Crippen LogP contribution in [0.25, 0.3) is 0 Å². The van der Waals surface area contributed by atoms with Crippen LogP contribution >= 0.6 is 0 Å². The Labute approximate surface area is 67.9 Å². The van der Waals surface area contributed by atoms with Gasteiger partial charge in [-0.15, -0.1) is 0 Å². The van der Waals surface area contributed by atoms with Crippen molar-refractivity contribution in [3.63, 3.8) is 0 Å². The molecule has 0 aromatic rings. The van der Waals surface area contributed by atoms with Crippen LogP contribution in [0.5, 0.6) is 0 Å². The molecule has 1 heterocycles. The van der Waals surface area contributed by atoms with Crippen LogP contribution in [0.1, 0.15) is 19.3 Å². The van der Waals surface area contributed by atoms with Crippen LogP contribution < -0.4 is 0 Å². The van der Waals surface area contributed by atoms with Crippen LogP contribution in [-0.2, 0) is 4.79 Å². The molecule has 0 aromatic heterocycles. The van der Waals surface area contributed by atoms with Gasteiger partial charge in [0.2, 0.25) is 5.91 Å². The molecule has 0 aliphatic carbocycles. The standard InChI is InChI=1S/C9H14NO/c1-2-9(11)10-7-5-3-4-6-8-10/h2-3H,1,4-8H2. The molecule has 1 aliphatic heterocycles. The van der Waals surface area contributed by atoms with Gasteiger partial charge in [0.25, 0.3) is 0 Å². The Hall–Kier alpha value is -0.790. The second-order valence-electron chi connectivity index (χ2n) is 2.75. The molecule has 1 fully saturated rings. The fourth-order valence-corrected chi connectivity index (χ4v) is 1.28. The van der Waals surface area contributed by atoms with E-state index >= 15 is 0 Å². The number of rotatable bonds is 1. The number of nitrogens with zero attached hydrogens (tertiary/aromatic N) is 1. The van der Waals surface area contributed by atoms with Gasteiger partial charge in [0, 0.05) is 13.1 Å². The van der Waals surface area contributed by atoms with Gasteiger partial charge in [-0.3, -0.25) is 4.79 Å². The summed E-state index contributed by atoms with van der Waals surface area (Å²) in [5, 5.41) is 0. The maximum Gasteiger partial charge on any atom is 0.245 e. The number of hydrogen-bond donors (Lipinski definition) is 0. The first-order chi connectivity index (χ1) is 5.34. The lowest BCUT2D eigenvalue weighted by molar-refractivity contribution is -0.125. The maximum atomic E-state index is 11.1. The van der Waals surface area contributed by atoms with Gasteiger partial charge >= 0.3 is 0 Å². The average Bonchev–Trinajstić information content (AvgIpc) is 2.30. The summed E-state index contributed by atoms with van der Waals surface area (Å²) in [5.74, 6) is 0.0697. The minimum Gasteiger partial charge on any atom is -0.339 e. The summed E-state index contributed by atoms with van der Waals surface area (Å²) in [6.45, 7) is 5.22. The van der Waals surface area contributed by atoms with Crippen LogP contribution in [0.4, 0.5) is 0 Å². The van der Waals surface area contributed by atoms with Crippen molar-refractivity contribution < 1.29 is 4.79 Å². The molecule has 2 heteroatoms. The van der Waals surface area contributed by atoms with Crippen LogP contribution in [0.3, 0.4) is 0 Å². The molecule has 0 atom stereocenters. The molecule has 1 radical (unpaired) electrons. The van der Waals surface area contributed by atoms with Crippen molar-refractivity contribution in [2.45, 2.75) is 19.3 Å². The van der Waals surface area contributed by atoms with E-state index in [0.29, 0.717) is 0 Å². The molecule has 61 valence electrons. The Morgan fingerprint density at radius 3 is 3.00 bits per heavy atom. The van der Waals surface area contributed by atoms with Gasteiger partial charge in [0.1, 0.15) is 0 Å². The van der Waals surface area contributed by atoms with E-state index in [2.05, 4.69) is 13.0 Å². The molecule has 0 unspecified atom stereocenters. The zero-order valence-corrected chi connectivity index (χ0v) is 6.75. The molecule has 1 saturated heterocycles. The van der Waals surface area contributed by atoms with Gasteiger partial charge in [-0.25, -0.2) is 0 Å². The monoisotopic (exact) mass is 152 g/mol. The Morgan fingerprint density at radius 1 is 1.45 bits per heavy atom. The normalized spacial score (nSPS) is 19.1. The van der Waals surface area contributed by atoms with Crippen molar-refractivity contribution in [3.05, 3.63) is 19.1 Å². The zero-order valence-electron chi connectivity index (χ0n) is 6.75. The molecule has 11 heavy (non-hydrogen) atoms. The molecule has 0 N–H and O–H groups in total. The van der Waals surface area contributed by atoms with Gasteiger partial charge in [0.05, 0.1) is 0 Å². The Balaban J connectivity index is 2.42. The third-order valence-corrected chi connectivity index (χ3v) is 1.93. The summed E-state index contributed by atoms with van der Waals surface area (Å²) in [6.07, 6.45) is 6.90. The fraction of sp³-hybridized carbons (Fsp3) is 0.556. The van der Waals surface area contributed by atoms with E-state index in [0.717, 1.165) is 32.4 Å². The first kappa shape index (κ1) is 8.31. The van der Waals surface area contributed by atoms with Gasteiger partial charge in [0.15, 0.2) is 0 Å². The van der Waals surface area contributed by atoms with Gasteiger partial charge < -0.3 is 4.90 Å². The van der Waals surface area contributed by atoms with E-state index in [1.165, 1.54) is 6.08 Å². The molecule has 2 nitrogen and oxygen atoms in total. The van der Waals surface area contributed by atoms with Gasteiger partial charge in [-0.1, -0.05) is 6.58 Å². The molecular weight excluding hydrogens is 138 g/mol. The summed E-state index contributed by atoms with van der Waals surface area (Å²) >= 11 is 0.